The summed E-state index contributed by atoms with van der Waals surface area (Å²) in [7, 11) is 1.59. The number of carbonyl (C=O) groups excluding carboxylic acids is 1. The Morgan fingerprint density at radius 2 is 1.96 bits per heavy atom. The number of ether oxygens (including phenoxy) is 1. The van der Waals surface area contributed by atoms with Crippen LogP contribution in [0.25, 0.3) is 5.69 Å². The summed E-state index contributed by atoms with van der Waals surface area (Å²) < 4.78 is 44.8. The van der Waals surface area contributed by atoms with Gasteiger partial charge in [-0.15, -0.1) is 11.8 Å². The van der Waals surface area contributed by atoms with Gasteiger partial charge in [0.2, 0.25) is 5.91 Å². The zero-order chi connectivity index (χ0) is 18.0. The number of hydrogen-bond acceptors (Lipinski definition) is 3. The minimum atomic E-state index is -4.34. The topological polar surface area (TPSA) is 34.5 Å². The molecule has 0 N–H and O–H groups in total. The molecule has 1 aromatic carbocycles. The van der Waals surface area contributed by atoms with Crippen molar-refractivity contribution in [2.24, 2.45) is 0 Å². The maximum absolute atomic E-state index is 12.7. The highest BCUT2D eigenvalue weighted by Gasteiger charge is 2.33. The average Bonchev–Trinajstić information content (AvgIpc) is 3.19. The van der Waals surface area contributed by atoms with Gasteiger partial charge in [-0.3, -0.25) is 4.79 Å². The van der Waals surface area contributed by atoms with Crippen molar-refractivity contribution < 1.29 is 22.7 Å². The maximum Gasteiger partial charge on any atom is 0.416 e. The van der Waals surface area contributed by atoms with Crippen LogP contribution in [0, 0.1) is 0 Å². The predicted molar refractivity (Wildman–Crippen MR) is 89.6 cm³/mol. The minimum Gasteiger partial charge on any atom is -0.383 e. The fourth-order valence-corrected chi connectivity index (χ4v) is 3.90. The van der Waals surface area contributed by atoms with Crippen molar-refractivity contribution in [2.45, 2.75) is 11.6 Å². The lowest BCUT2D eigenvalue weighted by atomic mass is 10.2. The number of methoxy groups -OCH3 is 1. The summed E-state index contributed by atoms with van der Waals surface area (Å²) >= 11 is 1.54. The molecule has 1 aromatic heterocycles. The number of alkyl halides is 3. The number of aromatic nitrogens is 1. The largest absolute Gasteiger partial charge is 0.416 e. The van der Waals surface area contributed by atoms with Crippen molar-refractivity contribution in [3.05, 3.63) is 53.9 Å². The van der Waals surface area contributed by atoms with E-state index in [1.165, 1.54) is 23.9 Å². The molecule has 4 nitrogen and oxygen atoms in total. The van der Waals surface area contributed by atoms with Gasteiger partial charge in [0.15, 0.2) is 0 Å². The fraction of sp³-hybridized carbons (Fsp3) is 0.353. The van der Waals surface area contributed by atoms with Crippen LogP contribution in [0.4, 0.5) is 13.2 Å². The normalized spacial score (nSPS) is 18.2. The van der Waals surface area contributed by atoms with Gasteiger partial charge in [-0.1, -0.05) is 0 Å². The first kappa shape index (κ1) is 17.9. The van der Waals surface area contributed by atoms with Crippen LogP contribution in [0.3, 0.4) is 0 Å². The third-order valence-corrected chi connectivity index (χ3v) is 5.25. The predicted octanol–water partition coefficient (Wildman–Crippen LogP) is 3.72. The first-order valence-corrected chi connectivity index (χ1v) is 8.70. The molecule has 0 unspecified atom stereocenters. The van der Waals surface area contributed by atoms with E-state index in [0.29, 0.717) is 24.6 Å². The van der Waals surface area contributed by atoms with Crippen LogP contribution < -0.4 is 0 Å². The first-order valence-electron chi connectivity index (χ1n) is 7.65. The van der Waals surface area contributed by atoms with Gasteiger partial charge in [-0.2, -0.15) is 13.2 Å². The summed E-state index contributed by atoms with van der Waals surface area (Å²) in [5.41, 5.74) is 0.898. The first-order chi connectivity index (χ1) is 11.9. The summed E-state index contributed by atoms with van der Waals surface area (Å²) in [6.45, 7) is 0.973. The van der Waals surface area contributed by atoms with Gasteiger partial charge in [0.25, 0.3) is 0 Å². The third kappa shape index (κ3) is 3.85. The van der Waals surface area contributed by atoms with Gasteiger partial charge in [0, 0.05) is 37.3 Å². The summed E-state index contributed by atoms with van der Waals surface area (Å²) in [4.78, 5) is 13.8. The summed E-state index contributed by atoms with van der Waals surface area (Å²) in [5.74, 6) is 0.481. The Kier molecular flexibility index (Phi) is 5.10. The molecule has 1 aliphatic heterocycles. The fourth-order valence-electron chi connectivity index (χ4n) is 2.70. The van der Waals surface area contributed by atoms with Gasteiger partial charge in [-0.25, -0.2) is 0 Å². The number of amides is 1. The lowest BCUT2D eigenvalue weighted by Gasteiger charge is -2.22. The van der Waals surface area contributed by atoms with E-state index in [2.05, 4.69) is 0 Å². The van der Waals surface area contributed by atoms with Gasteiger partial charge in [0.05, 0.1) is 17.9 Å². The van der Waals surface area contributed by atoms with Crippen molar-refractivity contribution in [3.63, 3.8) is 0 Å². The number of carbonyl (C=O) groups is 1. The summed E-state index contributed by atoms with van der Waals surface area (Å²) in [6, 6.07) is 6.87. The molecule has 1 atom stereocenters. The maximum atomic E-state index is 12.7. The molecule has 0 spiro atoms. The Balaban J connectivity index is 1.79. The lowest BCUT2D eigenvalue weighted by molar-refractivity contribution is -0.137. The van der Waals surface area contributed by atoms with Crippen molar-refractivity contribution in [2.75, 3.05) is 26.0 Å². The standard InChI is InChI=1S/C17H17F3N2O2S/c1-24-9-8-22-15(23)11-25-16(22)12-6-7-21(10-12)14-4-2-13(3-5-14)17(18,19)20/h2-7,10,16H,8-9,11H2,1H3/t16-/m1/s1. The highest BCUT2D eigenvalue weighted by Crippen LogP contribution is 2.39. The number of thioether (sulfide) groups is 1. The van der Waals surface area contributed by atoms with E-state index >= 15 is 0 Å². The number of rotatable bonds is 5. The van der Waals surface area contributed by atoms with E-state index in [9.17, 15) is 18.0 Å². The summed E-state index contributed by atoms with van der Waals surface area (Å²) in [5, 5.41) is -0.0988. The molecular formula is C17H17F3N2O2S. The number of benzene rings is 1. The van der Waals surface area contributed by atoms with Crippen molar-refractivity contribution >= 4 is 17.7 Å². The van der Waals surface area contributed by atoms with Gasteiger partial charge < -0.3 is 14.2 Å². The highest BCUT2D eigenvalue weighted by atomic mass is 32.2. The third-order valence-electron chi connectivity index (χ3n) is 4.00. The number of hydrogen-bond donors (Lipinski definition) is 0. The van der Waals surface area contributed by atoms with E-state index in [4.69, 9.17) is 4.74 Å². The second-order valence-corrected chi connectivity index (χ2v) is 6.71. The van der Waals surface area contributed by atoms with Crippen LogP contribution in [0.1, 0.15) is 16.5 Å². The molecule has 2 heterocycles. The molecule has 0 saturated carbocycles. The van der Waals surface area contributed by atoms with Crippen LogP contribution in [-0.2, 0) is 15.7 Å². The molecular weight excluding hydrogens is 353 g/mol. The van der Waals surface area contributed by atoms with Crippen molar-refractivity contribution in [3.8, 4) is 5.69 Å². The minimum absolute atomic E-state index is 0.0642. The van der Waals surface area contributed by atoms with E-state index in [1.807, 2.05) is 12.3 Å². The van der Waals surface area contributed by atoms with Crippen LogP contribution in [0.15, 0.2) is 42.7 Å². The van der Waals surface area contributed by atoms with Crippen molar-refractivity contribution in [1.29, 1.82) is 0 Å². The molecule has 0 aliphatic carbocycles. The molecule has 3 rings (SSSR count). The van der Waals surface area contributed by atoms with E-state index in [1.54, 1.807) is 22.8 Å². The zero-order valence-corrected chi connectivity index (χ0v) is 14.3. The molecule has 0 radical (unpaired) electrons. The second-order valence-electron chi connectivity index (χ2n) is 5.64. The Morgan fingerprint density at radius 3 is 2.60 bits per heavy atom. The lowest BCUT2D eigenvalue weighted by Crippen LogP contribution is -2.31. The zero-order valence-electron chi connectivity index (χ0n) is 13.5. The number of nitrogens with zero attached hydrogens (tertiary/aromatic N) is 2. The van der Waals surface area contributed by atoms with Crippen molar-refractivity contribution in [1.82, 2.24) is 9.47 Å². The molecule has 1 aliphatic rings. The van der Waals surface area contributed by atoms with Crippen LogP contribution >= 0.6 is 11.8 Å². The highest BCUT2D eigenvalue weighted by molar-refractivity contribution is 8.00. The summed E-state index contributed by atoms with van der Waals surface area (Å²) in [6.07, 6.45) is -0.711. The quantitative estimate of drug-likeness (QED) is 0.805. The molecule has 2 aromatic rings. The Hall–Kier alpha value is -1.93. The SMILES string of the molecule is COCCN1C(=O)CS[C@@H]1c1ccn(-c2ccc(C(F)(F)F)cc2)c1. The van der Waals surface area contributed by atoms with Gasteiger partial charge in [0.1, 0.15) is 5.37 Å². The molecule has 1 fully saturated rings. The van der Waals surface area contributed by atoms with Crippen LogP contribution in [0.2, 0.25) is 0 Å². The van der Waals surface area contributed by atoms with E-state index in [-0.39, 0.29) is 11.3 Å². The Labute approximate surface area is 147 Å². The van der Waals surface area contributed by atoms with Crippen LogP contribution in [0.5, 0.6) is 0 Å². The Morgan fingerprint density at radius 1 is 1.24 bits per heavy atom. The molecule has 0 bridgehead atoms. The monoisotopic (exact) mass is 370 g/mol. The molecule has 8 heteroatoms. The smallest absolute Gasteiger partial charge is 0.383 e. The molecule has 1 saturated heterocycles. The molecule has 25 heavy (non-hydrogen) atoms. The number of halogens is 3. The van der Waals surface area contributed by atoms with E-state index in [0.717, 1.165) is 17.7 Å². The average molecular weight is 370 g/mol. The van der Waals surface area contributed by atoms with Gasteiger partial charge in [-0.05, 0) is 30.3 Å². The van der Waals surface area contributed by atoms with Crippen LogP contribution in [-0.4, -0.2) is 41.4 Å². The molecule has 1 amide bonds. The Bertz CT molecular complexity index is 743. The second kappa shape index (κ2) is 7.13. The van der Waals surface area contributed by atoms with Gasteiger partial charge >= 0.3 is 6.18 Å². The van der Waals surface area contributed by atoms with E-state index < -0.39 is 11.7 Å². The molecule has 134 valence electrons.